The predicted octanol–water partition coefficient (Wildman–Crippen LogP) is 3.46. The molecule has 1 aliphatic carbocycles. The molecule has 0 aromatic heterocycles. The molecular weight excluding hydrogens is 367 g/mol. The van der Waals surface area contributed by atoms with E-state index in [0.29, 0.717) is 25.6 Å². The summed E-state index contributed by atoms with van der Waals surface area (Å²) in [5.41, 5.74) is 10.2. The summed E-state index contributed by atoms with van der Waals surface area (Å²) < 4.78 is 20.7. The normalized spacial score (nSPS) is 28.3. The quantitative estimate of drug-likeness (QED) is 0.743. The lowest BCUT2D eigenvalue weighted by atomic mass is 9.91. The van der Waals surface area contributed by atoms with Gasteiger partial charge in [-0.1, -0.05) is 0 Å². The Morgan fingerprint density at radius 1 is 1.31 bits per heavy atom. The summed E-state index contributed by atoms with van der Waals surface area (Å²) >= 11 is 0. The van der Waals surface area contributed by atoms with Gasteiger partial charge in [0.15, 0.2) is 0 Å². The Morgan fingerprint density at radius 2 is 2.14 bits per heavy atom. The minimum Gasteiger partial charge on any atom is -0.489 e. The maximum atomic E-state index is 14.2. The van der Waals surface area contributed by atoms with Crippen LogP contribution in [0.15, 0.2) is 23.3 Å². The van der Waals surface area contributed by atoms with Gasteiger partial charge >= 0.3 is 0 Å². The van der Waals surface area contributed by atoms with E-state index >= 15 is 0 Å². The highest BCUT2D eigenvalue weighted by Gasteiger charge is 2.29. The molecule has 2 heterocycles. The van der Waals surface area contributed by atoms with E-state index in [1.807, 2.05) is 0 Å². The Bertz CT molecular complexity index is 789. The number of piperidine rings is 1. The molecule has 2 aliphatic heterocycles. The molecule has 29 heavy (non-hydrogen) atoms. The summed E-state index contributed by atoms with van der Waals surface area (Å²) in [6, 6.07) is 4.39. The smallest absolute Gasteiger partial charge is 0.132 e. The zero-order valence-electron chi connectivity index (χ0n) is 17.5. The van der Waals surface area contributed by atoms with E-state index in [9.17, 15) is 4.39 Å². The first-order chi connectivity index (χ1) is 14.1. The van der Waals surface area contributed by atoms with Crippen LogP contribution in [0.4, 0.5) is 10.1 Å². The standard InChI is InChI=1S/C23H33FN4O/c1-15-6-7-19-22(28(15)2)9-8-18(23(19)29-17-4-3-5-17)16(12-25)13-27-21-14-26-11-10-20(21)24/h8-9,12-13,15,17,20-21,26H,3-7,10-11,14,25H2,1-2H3. The molecule has 5 nitrogen and oxygen atoms in total. The van der Waals surface area contributed by atoms with Gasteiger partial charge in [-0.05, 0) is 64.1 Å². The molecule has 1 aromatic rings. The number of ether oxygens (including phenoxy) is 1. The van der Waals surface area contributed by atoms with Crippen LogP contribution in [0.2, 0.25) is 0 Å². The number of hydrogen-bond donors (Lipinski definition) is 2. The number of nitrogens with two attached hydrogens (primary N) is 1. The van der Waals surface area contributed by atoms with Crippen LogP contribution in [0.25, 0.3) is 5.57 Å². The molecule has 0 bridgehead atoms. The molecular formula is C23H33FN4O. The molecule has 4 rings (SSSR count). The fraction of sp³-hybridized carbons (Fsp3) is 0.609. The van der Waals surface area contributed by atoms with Gasteiger partial charge in [0.05, 0.1) is 12.1 Å². The van der Waals surface area contributed by atoms with Gasteiger partial charge in [0.25, 0.3) is 0 Å². The van der Waals surface area contributed by atoms with Crippen molar-refractivity contribution in [2.24, 2.45) is 10.7 Å². The van der Waals surface area contributed by atoms with Gasteiger partial charge in [-0.15, -0.1) is 0 Å². The monoisotopic (exact) mass is 400 g/mol. The van der Waals surface area contributed by atoms with Gasteiger partial charge in [-0.3, -0.25) is 4.99 Å². The Kier molecular flexibility index (Phi) is 6.09. The van der Waals surface area contributed by atoms with Crippen LogP contribution >= 0.6 is 0 Å². The highest BCUT2D eigenvalue weighted by molar-refractivity contribution is 6.11. The van der Waals surface area contributed by atoms with Gasteiger partial charge in [0.1, 0.15) is 11.9 Å². The Balaban J connectivity index is 1.67. The fourth-order valence-corrected chi connectivity index (χ4v) is 4.33. The molecule has 3 N–H and O–H groups in total. The van der Waals surface area contributed by atoms with E-state index < -0.39 is 6.17 Å². The lowest BCUT2D eigenvalue weighted by Crippen LogP contribution is -2.40. The maximum absolute atomic E-state index is 14.2. The second kappa shape index (κ2) is 8.74. The number of alkyl halides is 1. The Hall–Kier alpha value is -2.08. The van der Waals surface area contributed by atoms with E-state index in [4.69, 9.17) is 10.5 Å². The molecule has 1 saturated heterocycles. The molecule has 0 amide bonds. The van der Waals surface area contributed by atoms with E-state index in [2.05, 4.69) is 41.3 Å². The first-order valence-corrected chi connectivity index (χ1v) is 10.9. The first-order valence-electron chi connectivity index (χ1n) is 10.9. The molecule has 2 fully saturated rings. The largest absolute Gasteiger partial charge is 0.489 e. The number of allylic oxidation sites excluding steroid dienone is 1. The zero-order chi connectivity index (χ0) is 20.4. The number of nitrogens with one attached hydrogen (secondary N) is 1. The molecule has 158 valence electrons. The van der Waals surface area contributed by atoms with Crippen LogP contribution in [0.3, 0.4) is 0 Å². The second-order valence-corrected chi connectivity index (χ2v) is 8.59. The summed E-state index contributed by atoms with van der Waals surface area (Å²) in [5, 5.41) is 3.21. The number of benzene rings is 1. The minimum atomic E-state index is -0.907. The van der Waals surface area contributed by atoms with Crippen LogP contribution in [-0.4, -0.2) is 50.7 Å². The summed E-state index contributed by atoms with van der Waals surface area (Å²) in [7, 11) is 2.15. The number of hydrogen-bond acceptors (Lipinski definition) is 5. The number of anilines is 1. The molecule has 0 spiro atoms. The summed E-state index contributed by atoms with van der Waals surface area (Å²) in [6.45, 7) is 3.53. The SMILES string of the molecule is CC1CCc2c(ccc(C(C=NC3CNCCC3F)=CN)c2OC2CCC2)N1C. The topological polar surface area (TPSA) is 62.9 Å². The summed E-state index contributed by atoms with van der Waals surface area (Å²) in [6.07, 6.45) is 8.68. The third kappa shape index (κ3) is 4.13. The van der Waals surface area contributed by atoms with Crippen molar-refractivity contribution in [3.05, 3.63) is 29.5 Å². The summed E-state index contributed by atoms with van der Waals surface area (Å²) in [5.74, 6) is 0.938. The number of rotatable bonds is 5. The average molecular weight is 401 g/mol. The number of nitrogens with zero attached hydrogens (tertiary/aromatic N) is 2. The highest BCUT2D eigenvalue weighted by atomic mass is 19.1. The molecule has 0 radical (unpaired) electrons. The van der Waals surface area contributed by atoms with Crippen molar-refractivity contribution in [3.8, 4) is 5.75 Å². The number of aliphatic imine (C=N–C) groups is 1. The van der Waals surface area contributed by atoms with Crippen molar-refractivity contribution in [3.63, 3.8) is 0 Å². The summed E-state index contributed by atoms with van der Waals surface area (Å²) in [4.78, 5) is 6.86. The van der Waals surface area contributed by atoms with Crippen LogP contribution in [-0.2, 0) is 6.42 Å². The van der Waals surface area contributed by atoms with Crippen molar-refractivity contribution < 1.29 is 9.13 Å². The predicted molar refractivity (Wildman–Crippen MR) is 118 cm³/mol. The Morgan fingerprint density at radius 3 is 2.83 bits per heavy atom. The molecule has 1 saturated carbocycles. The van der Waals surface area contributed by atoms with Crippen molar-refractivity contribution >= 4 is 17.5 Å². The third-order valence-corrected chi connectivity index (χ3v) is 6.69. The molecule has 6 heteroatoms. The van der Waals surface area contributed by atoms with E-state index in [1.54, 1.807) is 12.4 Å². The Labute approximate surface area is 173 Å². The number of halogens is 1. The van der Waals surface area contributed by atoms with Crippen molar-refractivity contribution in [2.75, 3.05) is 25.0 Å². The number of fused-ring (bicyclic) bond motifs is 1. The van der Waals surface area contributed by atoms with Gasteiger partial charge in [0.2, 0.25) is 0 Å². The highest BCUT2D eigenvalue weighted by Crippen LogP contribution is 2.42. The van der Waals surface area contributed by atoms with Gasteiger partial charge < -0.3 is 20.7 Å². The van der Waals surface area contributed by atoms with Crippen molar-refractivity contribution in [1.82, 2.24) is 5.32 Å². The molecule has 3 unspecified atom stereocenters. The van der Waals surface area contributed by atoms with Crippen LogP contribution in [0, 0.1) is 0 Å². The molecule has 1 aromatic carbocycles. The van der Waals surface area contributed by atoms with Crippen molar-refractivity contribution in [1.29, 1.82) is 0 Å². The van der Waals surface area contributed by atoms with E-state index in [-0.39, 0.29) is 12.1 Å². The average Bonchev–Trinajstić information content (AvgIpc) is 2.69. The minimum absolute atomic E-state index is 0.277. The molecule has 3 aliphatic rings. The van der Waals surface area contributed by atoms with Crippen molar-refractivity contribution in [2.45, 2.75) is 69.8 Å². The fourth-order valence-electron chi connectivity index (χ4n) is 4.33. The first kappa shape index (κ1) is 20.2. The van der Waals surface area contributed by atoms with E-state index in [1.165, 1.54) is 17.7 Å². The third-order valence-electron chi connectivity index (χ3n) is 6.69. The van der Waals surface area contributed by atoms with Gasteiger partial charge in [-0.2, -0.15) is 0 Å². The second-order valence-electron chi connectivity index (χ2n) is 8.59. The van der Waals surface area contributed by atoms with Gasteiger partial charge in [0, 0.05) is 54.4 Å². The lowest BCUT2D eigenvalue weighted by molar-refractivity contribution is 0.118. The van der Waals surface area contributed by atoms with Crippen LogP contribution in [0.5, 0.6) is 5.75 Å². The zero-order valence-corrected chi connectivity index (χ0v) is 17.5. The van der Waals surface area contributed by atoms with Crippen LogP contribution < -0.4 is 20.7 Å². The van der Waals surface area contributed by atoms with E-state index in [0.717, 1.165) is 42.6 Å². The van der Waals surface area contributed by atoms with Gasteiger partial charge in [-0.25, -0.2) is 4.39 Å². The maximum Gasteiger partial charge on any atom is 0.132 e. The lowest BCUT2D eigenvalue weighted by Gasteiger charge is -2.37. The molecule has 3 atom stereocenters. The van der Waals surface area contributed by atoms with Crippen LogP contribution in [0.1, 0.15) is 50.2 Å².